The molecule has 12 heavy (non-hydrogen) atoms. The fourth-order valence-electron chi connectivity index (χ4n) is 0.767. The van der Waals surface area contributed by atoms with Gasteiger partial charge in [0.05, 0.1) is 12.9 Å². The molecule has 0 fully saturated rings. The van der Waals surface area contributed by atoms with Crippen molar-refractivity contribution >= 4 is 21.9 Å². The standard InChI is InChI=1S/C8H9BrO3/c1-2-11-8(10)7(9)6-4-3-5-12-6/h3-5,7H,2H2,1H3. The van der Waals surface area contributed by atoms with Gasteiger partial charge in [0.25, 0.3) is 0 Å². The molecule has 1 aromatic rings. The lowest BCUT2D eigenvalue weighted by Gasteiger charge is -2.04. The van der Waals surface area contributed by atoms with Crippen molar-refractivity contribution in [2.45, 2.75) is 11.8 Å². The molecule has 0 spiro atoms. The van der Waals surface area contributed by atoms with E-state index in [-0.39, 0.29) is 5.97 Å². The van der Waals surface area contributed by atoms with Crippen molar-refractivity contribution < 1.29 is 13.9 Å². The molecule has 1 heterocycles. The van der Waals surface area contributed by atoms with Crippen LogP contribution in [0.1, 0.15) is 17.5 Å². The van der Waals surface area contributed by atoms with Gasteiger partial charge in [-0.1, -0.05) is 15.9 Å². The summed E-state index contributed by atoms with van der Waals surface area (Å²) in [5, 5.41) is 0. The Bertz CT molecular complexity index is 243. The maximum atomic E-state index is 11.1. The highest BCUT2D eigenvalue weighted by molar-refractivity contribution is 9.09. The number of rotatable bonds is 3. The molecule has 1 unspecified atom stereocenters. The first-order valence-electron chi connectivity index (χ1n) is 3.59. The summed E-state index contributed by atoms with van der Waals surface area (Å²) in [5.74, 6) is 0.237. The average Bonchev–Trinajstić information content (AvgIpc) is 2.55. The van der Waals surface area contributed by atoms with E-state index in [0.717, 1.165) is 0 Å². The third-order valence-electron chi connectivity index (χ3n) is 1.29. The normalized spacial score (nSPS) is 12.5. The van der Waals surface area contributed by atoms with Crippen LogP contribution in [0.5, 0.6) is 0 Å². The van der Waals surface area contributed by atoms with Gasteiger partial charge >= 0.3 is 5.97 Å². The Morgan fingerprint density at radius 2 is 2.58 bits per heavy atom. The van der Waals surface area contributed by atoms with Crippen LogP contribution >= 0.6 is 15.9 Å². The second-order valence-electron chi connectivity index (χ2n) is 2.13. The summed E-state index contributed by atoms with van der Waals surface area (Å²) in [7, 11) is 0. The average molecular weight is 233 g/mol. The number of alkyl halides is 1. The number of carbonyl (C=O) groups is 1. The van der Waals surface area contributed by atoms with Crippen LogP contribution in [0.2, 0.25) is 0 Å². The zero-order valence-electron chi connectivity index (χ0n) is 6.62. The van der Waals surface area contributed by atoms with E-state index < -0.39 is 4.83 Å². The first-order chi connectivity index (χ1) is 5.75. The molecule has 0 bridgehead atoms. The van der Waals surface area contributed by atoms with Gasteiger partial charge in [0.1, 0.15) is 5.76 Å². The SMILES string of the molecule is CCOC(=O)C(Br)c1ccco1. The molecule has 1 rings (SSSR count). The summed E-state index contributed by atoms with van der Waals surface area (Å²) >= 11 is 3.16. The Morgan fingerprint density at radius 1 is 1.83 bits per heavy atom. The van der Waals surface area contributed by atoms with Crippen molar-refractivity contribution in [1.29, 1.82) is 0 Å². The van der Waals surface area contributed by atoms with E-state index in [4.69, 9.17) is 9.15 Å². The van der Waals surface area contributed by atoms with Gasteiger partial charge in [-0.2, -0.15) is 0 Å². The lowest BCUT2D eigenvalue weighted by molar-refractivity contribution is -0.142. The fraction of sp³-hybridized carbons (Fsp3) is 0.375. The number of hydrogen-bond donors (Lipinski definition) is 0. The molecule has 0 aliphatic heterocycles. The van der Waals surface area contributed by atoms with E-state index in [1.807, 2.05) is 0 Å². The molecule has 0 saturated heterocycles. The first-order valence-corrected chi connectivity index (χ1v) is 4.51. The fourth-order valence-corrected chi connectivity index (χ4v) is 1.16. The van der Waals surface area contributed by atoms with Crippen molar-refractivity contribution in [3.63, 3.8) is 0 Å². The van der Waals surface area contributed by atoms with E-state index in [1.54, 1.807) is 19.1 Å². The zero-order chi connectivity index (χ0) is 8.97. The highest BCUT2D eigenvalue weighted by atomic mass is 79.9. The molecule has 0 aliphatic rings. The molecule has 0 amide bonds. The minimum absolute atomic E-state index is 0.326. The van der Waals surface area contributed by atoms with E-state index in [2.05, 4.69) is 15.9 Å². The van der Waals surface area contributed by atoms with Crippen LogP contribution in [0.3, 0.4) is 0 Å². The molecule has 1 atom stereocenters. The van der Waals surface area contributed by atoms with Crippen molar-refractivity contribution in [2.24, 2.45) is 0 Å². The van der Waals surface area contributed by atoms with Crippen LogP contribution in [0, 0.1) is 0 Å². The third kappa shape index (κ3) is 2.11. The molecule has 0 radical (unpaired) electrons. The summed E-state index contributed by atoms with van der Waals surface area (Å²) in [4.78, 5) is 10.6. The monoisotopic (exact) mass is 232 g/mol. The minimum atomic E-state index is -0.493. The van der Waals surface area contributed by atoms with Crippen LogP contribution in [0.4, 0.5) is 0 Å². The molecule has 0 N–H and O–H groups in total. The second-order valence-corrected chi connectivity index (χ2v) is 3.05. The first kappa shape index (κ1) is 9.32. The molecule has 66 valence electrons. The highest BCUT2D eigenvalue weighted by Crippen LogP contribution is 2.24. The summed E-state index contributed by atoms with van der Waals surface area (Å²) in [5.41, 5.74) is 0. The van der Waals surface area contributed by atoms with Gasteiger partial charge in [0, 0.05) is 0 Å². The quantitative estimate of drug-likeness (QED) is 0.593. The summed E-state index contributed by atoms with van der Waals surface area (Å²) in [6.07, 6.45) is 1.52. The minimum Gasteiger partial charge on any atom is -0.468 e. The molecular weight excluding hydrogens is 224 g/mol. The van der Waals surface area contributed by atoms with Crippen molar-refractivity contribution in [3.8, 4) is 0 Å². The van der Waals surface area contributed by atoms with E-state index >= 15 is 0 Å². The summed E-state index contributed by atoms with van der Waals surface area (Å²) < 4.78 is 9.80. The predicted molar refractivity (Wildman–Crippen MR) is 47.0 cm³/mol. The van der Waals surface area contributed by atoms with Crippen molar-refractivity contribution in [2.75, 3.05) is 6.61 Å². The third-order valence-corrected chi connectivity index (χ3v) is 2.11. The van der Waals surface area contributed by atoms with Gasteiger partial charge in [0.15, 0.2) is 4.83 Å². The van der Waals surface area contributed by atoms with Crippen molar-refractivity contribution in [1.82, 2.24) is 0 Å². The largest absolute Gasteiger partial charge is 0.468 e. The van der Waals surface area contributed by atoms with Gasteiger partial charge in [-0.15, -0.1) is 0 Å². The molecule has 0 saturated carbocycles. The van der Waals surface area contributed by atoms with Crippen LogP contribution in [0.15, 0.2) is 22.8 Å². The van der Waals surface area contributed by atoms with Crippen LogP contribution in [0.25, 0.3) is 0 Å². The topological polar surface area (TPSA) is 39.4 Å². The molecular formula is C8H9BrO3. The second kappa shape index (κ2) is 4.30. The maximum Gasteiger partial charge on any atom is 0.327 e. The van der Waals surface area contributed by atoms with E-state index in [9.17, 15) is 4.79 Å². The van der Waals surface area contributed by atoms with Crippen LogP contribution < -0.4 is 0 Å². The smallest absolute Gasteiger partial charge is 0.327 e. The maximum absolute atomic E-state index is 11.1. The van der Waals surface area contributed by atoms with Gasteiger partial charge in [-0.3, -0.25) is 4.79 Å². The van der Waals surface area contributed by atoms with E-state index in [0.29, 0.717) is 12.4 Å². The Morgan fingerprint density at radius 3 is 3.08 bits per heavy atom. The molecule has 4 heteroatoms. The number of carbonyl (C=O) groups excluding carboxylic acids is 1. The number of esters is 1. The molecule has 0 aliphatic carbocycles. The number of hydrogen-bond acceptors (Lipinski definition) is 3. The molecule has 1 aromatic heterocycles. The number of furan rings is 1. The highest BCUT2D eigenvalue weighted by Gasteiger charge is 2.20. The Labute approximate surface area is 78.8 Å². The molecule has 0 aromatic carbocycles. The lowest BCUT2D eigenvalue weighted by atomic mass is 10.3. The zero-order valence-corrected chi connectivity index (χ0v) is 8.21. The lowest BCUT2D eigenvalue weighted by Crippen LogP contribution is -2.09. The predicted octanol–water partition coefficient (Wildman–Crippen LogP) is 2.28. The van der Waals surface area contributed by atoms with Crippen LogP contribution in [-0.4, -0.2) is 12.6 Å². The van der Waals surface area contributed by atoms with Crippen LogP contribution in [-0.2, 0) is 9.53 Å². The van der Waals surface area contributed by atoms with Gasteiger partial charge in [-0.05, 0) is 19.1 Å². The Hall–Kier alpha value is -0.770. The van der Waals surface area contributed by atoms with Gasteiger partial charge < -0.3 is 9.15 Å². The van der Waals surface area contributed by atoms with Gasteiger partial charge in [0.2, 0.25) is 0 Å². The van der Waals surface area contributed by atoms with Gasteiger partial charge in [-0.25, -0.2) is 0 Å². The summed E-state index contributed by atoms with van der Waals surface area (Å²) in [6, 6.07) is 3.44. The summed E-state index contributed by atoms with van der Waals surface area (Å²) in [6.45, 7) is 2.14. The number of halogens is 1. The molecule has 3 nitrogen and oxygen atoms in total. The Kier molecular flexibility index (Phi) is 3.34. The van der Waals surface area contributed by atoms with Crippen molar-refractivity contribution in [3.05, 3.63) is 24.2 Å². The Balaban J connectivity index is 2.59. The van der Waals surface area contributed by atoms with E-state index in [1.165, 1.54) is 6.26 Å². The number of ether oxygens (including phenoxy) is 1.